The Morgan fingerprint density at radius 1 is 1.38 bits per heavy atom. The van der Waals surface area contributed by atoms with E-state index in [0.717, 1.165) is 37.1 Å². The topological polar surface area (TPSA) is 85.1 Å². The third kappa shape index (κ3) is 3.38. The summed E-state index contributed by atoms with van der Waals surface area (Å²) in [7, 11) is 0. The summed E-state index contributed by atoms with van der Waals surface area (Å²) in [6, 6.07) is -0.0427. The van der Waals surface area contributed by atoms with E-state index < -0.39 is 6.10 Å². The number of halogens is 1. The molecule has 0 saturated heterocycles. The van der Waals surface area contributed by atoms with Crippen LogP contribution in [0.4, 0.5) is 5.95 Å². The molecule has 3 atom stereocenters. The maximum absolute atomic E-state index is 10.3. The second-order valence-electron chi connectivity index (χ2n) is 6.50. The maximum atomic E-state index is 10.3. The quantitative estimate of drug-likeness (QED) is 0.873. The summed E-state index contributed by atoms with van der Waals surface area (Å²) in [4.78, 5) is 8.93. The second-order valence-corrected chi connectivity index (χ2v) is 6.94. The Bertz CT molecular complexity index is 722. The molecule has 128 valence electrons. The van der Waals surface area contributed by atoms with Crippen molar-refractivity contribution in [3.05, 3.63) is 34.9 Å². The van der Waals surface area contributed by atoms with Crippen LogP contribution in [0.5, 0.6) is 0 Å². The molecule has 1 saturated carbocycles. The molecule has 1 aliphatic heterocycles. The average Bonchev–Trinajstić information content (AvgIpc) is 3.13. The van der Waals surface area contributed by atoms with E-state index in [1.807, 2.05) is 17.1 Å². The van der Waals surface area contributed by atoms with Crippen LogP contribution in [-0.4, -0.2) is 43.6 Å². The molecule has 2 aromatic rings. The fourth-order valence-corrected chi connectivity index (χ4v) is 3.65. The third-order valence-electron chi connectivity index (χ3n) is 4.68. The molecular weight excluding hydrogens is 330 g/mol. The summed E-state index contributed by atoms with van der Waals surface area (Å²) in [6.07, 6.45) is 7.23. The molecule has 2 aliphatic rings. The molecule has 0 amide bonds. The number of rotatable bonds is 4. The Labute approximate surface area is 145 Å². The molecule has 1 fully saturated rings. The monoisotopic (exact) mass is 349 g/mol. The molecule has 4 rings (SSSR count). The lowest BCUT2D eigenvalue weighted by Crippen LogP contribution is -2.29. The van der Waals surface area contributed by atoms with E-state index in [2.05, 4.69) is 20.4 Å². The lowest BCUT2D eigenvalue weighted by Gasteiger charge is -2.19. The van der Waals surface area contributed by atoms with E-state index in [1.54, 1.807) is 6.20 Å². The van der Waals surface area contributed by atoms with Crippen molar-refractivity contribution in [3.63, 3.8) is 0 Å². The summed E-state index contributed by atoms with van der Waals surface area (Å²) in [5.41, 5.74) is 2.08. The van der Waals surface area contributed by atoms with Crippen molar-refractivity contribution < 1.29 is 9.84 Å². The van der Waals surface area contributed by atoms with Crippen LogP contribution >= 0.6 is 11.6 Å². The number of aliphatic hydroxyl groups excluding tert-OH is 1. The van der Waals surface area contributed by atoms with Gasteiger partial charge in [-0.05, 0) is 18.8 Å². The highest BCUT2D eigenvalue weighted by atomic mass is 35.5. The molecule has 1 unspecified atom stereocenters. The third-order valence-corrected chi connectivity index (χ3v) is 4.88. The Balaban J connectivity index is 1.39. The highest BCUT2D eigenvalue weighted by molar-refractivity contribution is 6.30. The number of aliphatic hydroxyl groups is 1. The van der Waals surface area contributed by atoms with E-state index in [9.17, 15) is 5.11 Å². The zero-order valence-electron chi connectivity index (χ0n) is 13.2. The van der Waals surface area contributed by atoms with Gasteiger partial charge in [-0.2, -0.15) is 5.10 Å². The van der Waals surface area contributed by atoms with Gasteiger partial charge in [0.25, 0.3) is 0 Å². The molecule has 3 heterocycles. The van der Waals surface area contributed by atoms with Crippen LogP contribution in [0, 0.1) is 5.92 Å². The van der Waals surface area contributed by atoms with Gasteiger partial charge in [0.1, 0.15) is 0 Å². The van der Waals surface area contributed by atoms with Gasteiger partial charge in [-0.1, -0.05) is 11.6 Å². The lowest BCUT2D eigenvalue weighted by molar-refractivity contribution is 0.109. The van der Waals surface area contributed by atoms with Crippen molar-refractivity contribution in [2.24, 2.45) is 5.92 Å². The van der Waals surface area contributed by atoms with Crippen molar-refractivity contribution in [1.82, 2.24) is 19.7 Å². The van der Waals surface area contributed by atoms with Gasteiger partial charge in [0.15, 0.2) is 0 Å². The number of nitrogens with zero attached hydrogens (tertiary/aromatic N) is 4. The van der Waals surface area contributed by atoms with Gasteiger partial charge >= 0.3 is 0 Å². The SMILES string of the molecule is O[C@@H]1CC(Cn2cc(Cl)cn2)C[C@H]1Nc1ncc2c(n1)CCOC2. The molecule has 2 N–H and O–H groups in total. The van der Waals surface area contributed by atoms with Gasteiger partial charge in [0.2, 0.25) is 5.95 Å². The fourth-order valence-electron chi connectivity index (χ4n) is 3.49. The van der Waals surface area contributed by atoms with Crippen molar-refractivity contribution in [2.75, 3.05) is 11.9 Å². The Morgan fingerprint density at radius 2 is 2.29 bits per heavy atom. The van der Waals surface area contributed by atoms with Crippen LogP contribution < -0.4 is 5.32 Å². The first-order valence-electron chi connectivity index (χ1n) is 8.22. The first-order chi connectivity index (χ1) is 11.7. The van der Waals surface area contributed by atoms with Gasteiger partial charge < -0.3 is 15.2 Å². The predicted octanol–water partition coefficient (Wildman–Crippen LogP) is 1.65. The van der Waals surface area contributed by atoms with Crippen LogP contribution in [0.15, 0.2) is 18.6 Å². The molecule has 8 heteroatoms. The van der Waals surface area contributed by atoms with Crippen LogP contribution in [-0.2, 0) is 24.3 Å². The first kappa shape index (κ1) is 15.8. The summed E-state index contributed by atoms with van der Waals surface area (Å²) in [5.74, 6) is 0.932. The number of fused-ring (bicyclic) bond motifs is 1. The zero-order valence-corrected chi connectivity index (χ0v) is 14.0. The minimum absolute atomic E-state index is 0.0427. The van der Waals surface area contributed by atoms with Gasteiger partial charge in [-0.25, -0.2) is 9.97 Å². The van der Waals surface area contributed by atoms with Crippen molar-refractivity contribution >= 4 is 17.5 Å². The Morgan fingerprint density at radius 3 is 3.12 bits per heavy atom. The first-order valence-corrected chi connectivity index (χ1v) is 8.60. The summed E-state index contributed by atoms with van der Waals surface area (Å²) in [6.45, 7) is 2.03. The standard InChI is InChI=1S/C16H20ClN5O2/c17-12-6-19-22(8-12)7-10-3-14(15(23)4-10)21-16-18-5-11-9-24-2-1-13(11)20-16/h5-6,8,10,14-15,23H,1-4,7,9H2,(H,18,20,21)/t10?,14-,15-/m1/s1. The van der Waals surface area contributed by atoms with Gasteiger partial charge in [0.05, 0.1) is 42.3 Å². The Hall–Kier alpha value is -1.70. The van der Waals surface area contributed by atoms with E-state index in [1.165, 1.54) is 0 Å². The summed E-state index contributed by atoms with van der Waals surface area (Å²) < 4.78 is 7.23. The lowest BCUT2D eigenvalue weighted by atomic mass is 10.1. The van der Waals surface area contributed by atoms with Crippen LogP contribution in [0.1, 0.15) is 24.1 Å². The number of hydrogen-bond acceptors (Lipinski definition) is 6. The molecule has 7 nitrogen and oxygen atoms in total. The smallest absolute Gasteiger partial charge is 0.223 e. The second kappa shape index (κ2) is 6.66. The van der Waals surface area contributed by atoms with Crippen molar-refractivity contribution in [1.29, 1.82) is 0 Å². The largest absolute Gasteiger partial charge is 0.391 e. The van der Waals surface area contributed by atoms with E-state index in [-0.39, 0.29) is 6.04 Å². The molecule has 1 aliphatic carbocycles. The molecule has 0 spiro atoms. The molecular formula is C16H20ClN5O2. The van der Waals surface area contributed by atoms with Crippen LogP contribution in [0.25, 0.3) is 0 Å². The summed E-state index contributed by atoms with van der Waals surface area (Å²) in [5, 5.41) is 18.5. The predicted molar refractivity (Wildman–Crippen MR) is 88.8 cm³/mol. The average molecular weight is 350 g/mol. The number of ether oxygens (including phenoxy) is 1. The van der Waals surface area contributed by atoms with E-state index in [4.69, 9.17) is 16.3 Å². The van der Waals surface area contributed by atoms with E-state index >= 15 is 0 Å². The van der Waals surface area contributed by atoms with Crippen LogP contribution in [0.3, 0.4) is 0 Å². The van der Waals surface area contributed by atoms with E-state index in [0.29, 0.717) is 30.1 Å². The molecule has 0 bridgehead atoms. The van der Waals surface area contributed by atoms with Gasteiger partial charge in [0, 0.05) is 30.9 Å². The van der Waals surface area contributed by atoms with Crippen LogP contribution in [0.2, 0.25) is 5.02 Å². The number of hydrogen-bond donors (Lipinski definition) is 2. The molecule has 0 radical (unpaired) electrons. The Kier molecular flexibility index (Phi) is 4.39. The van der Waals surface area contributed by atoms with Crippen molar-refractivity contribution in [3.8, 4) is 0 Å². The fraction of sp³-hybridized carbons (Fsp3) is 0.562. The van der Waals surface area contributed by atoms with Gasteiger partial charge in [-0.3, -0.25) is 4.68 Å². The normalized spacial score (nSPS) is 26.3. The molecule has 0 aromatic carbocycles. The number of anilines is 1. The highest BCUT2D eigenvalue weighted by Crippen LogP contribution is 2.29. The zero-order chi connectivity index (χ0) is 16.5. The minimum atomic E-state index is -0.413. The summed E-state index contributed by atoms with van der Waals surface area (Å²) >= 11 is 5.90. The molecule has 2 aromatic heterocycles. The minimum Gasteiger partial charge on any atom is -0.391 e. The van der Waals surface area contributed by atoms with Gasteiger partial charge in [-0.15, -0.1) is 0 Å². The van der Waals surface area contributed by atoms with Crippen molar-refractivity contribution in [2.45, 2.75) is 44.6 Å². The maximum Gasteiger partial charge on any atom is 0.223 e. The highest BCUT2D eigenvalue weighted by Gasteiger charge is 2.33. The number of aromatic nitrogens is 4. The molecule has 24 heavy (non-hydrogen) atoms. The number of nitrogens with one attached hydrogen (secondary N) is 1.